The fraction of sp³-hybridized carbons (Fsp3) is 0.0769. The van der Waals surface area contributed by atoms with Gasteiger partial charge in [0.25, 0.3) is 0 Å². The van der Waals surface area contributed by atoms with Crippen molar-refractivity contribution in [1.82, 2.24) is 0 Å². The van der Waals surface area contributed by atoms with Crippen molar-refractivity contribution >= 4 is 23.2 Å². The summed E-state index contributed by atoms with van der Waals surface area (Å²) in [6, 6.07) is 9.79. The van der Waals surface area contributed by atoms with E-state index in [1.165, 1.54) is 13.2 Å². The molecular weight excluding hydrogens is 262 g/mol. The summed E-state index contributed by atoms with van der Waals surface area (Å²) >= 11 is 11.8. The third-order valence-electron chi connectivity index (χ3n) is 2.35. The second-order valence-corrected chi connectivity index (χ2v) is 4.38. The number of methoxy groups -OCH3 is 1. The molecule has 0 aromatic heterocycles. The Morgan fingerprint density at radius 2 is 1.59 bits per heavy atom. The molecule has 0 heterocycles. The Morgan fingerprint density at radius 3 is 2.18 bits per heavy atom. The fourth-order valence-corrected chi connectivity index (χ4v) is 2.09. The first-order valence-corrected chi connectivity index (χ1v) is 5.66. The van der Waals surface area contributed by atoms with E-state index < -0.39 is 5.82 Å². The van der Waals surface area contributed by atoms with Gasteiger partial charge in [-0.15, -0.1) is 0 Å². The zero-order chi connectivity index (χ0) is 12.4. The maximum absolute atomic E-state index is 13.3. The fourth-order valence-electron chi connectivity index (χ4n) is 1.56. The molecule has 4 heteroatoms. The molecular formula is C13H9Cl2FO. The summed E-state index contributed by atoms with van der Waals surface area (Å²) in [6.45, 7) is 0. The van der Waals surface area contributed by atoms with Crippen molar-refractivity contribution in [2.45, 2.75) is 0 Å². The third kappa shape index (κ3) is 2.71. The van der Waals surface area contributed by atoms with E-state index in [1.807, 2.05) is 0 Å². The van der Waals surface area contributed by atoms with E-state index in [-0.39, 0.29) is 5.75 Å². The lowest BCUT2D eigenvalue weighted by atomic mass is 10.1. The summed E-state index contributed by atoms with van der Waals surface area (Å²) in [6.07, 6.45) is 0. The molecule has 0 aliphatic carbocycles. The van der Waals surface area contributed by atoms with Crippen LogP contribution in [-0.2, 0) is 0 Å². The van der Waals surface area contributed by atoms with Crippen LogP contribution in [0.5, 0.6) is 5.75 Å². The van der Waals surface area contributed by atoms with Crippen molar-refractivity contribution in [2.24, 2.45) is 0 Å². The SMILES string of the molecule is COc1cc(-c2cc(Cl)cc(Cl)c2)ccc1F. The van der Waals surface area contributed by atoms with Crippen LogP contribution < -0.4 is 4.74 Å². The summed E-state index contributed by atoms with van der Waals surface area (Å²) in [7, 11) is 1.42. The molecule has 0 aliphatic rings. The molecule has 2 aromatic rings. The first-order chi connectivity index (χ1) is 8.10. The van der Waals surface area contributed by atoms with Gasteiger partial charge < -0.3 is 4.74 Å². The van der Waals surface area contributed by atoms with Crippen molar-refractivity contribution < 1.29 is 9.13 Å². The van der Waals surface area contributed by atoms with Crippen LogP contribution in [0.15, 0.2) is 36.4 Å². The lowest BCUT2D eigenvalue weighted by Gasteiger charge is -2.07. The van der Waals surface area contributed by atoms with Crippen LogP contribution in [0, 0.1) is 5.82 Å². The number of benzene rings is 2. The lowest BCUT2D eigenvalue weighted by Crippen LogP contribution is -1.88. The lowest BCUT2D eigenvalue weighted by molar-refractivity contribution is 0.387. The largest absolute Gasteiger partial charge is 0.494 e. The summed E-state index contributed by atoms with van der Waals surface area (Å²) in [5.74, 6) is -0.206. The summed E-state index contributed by atoms with van der Waals surface area (Å²) in [5, 5.41) is 1.08. The molecule has 0 amide bonds. The van der Waals surface area contributed by atoms with Gasteiger partial charge in [-0.2, -0.15) is 0 Å². The van der Waals surface area contributed by atoms with E-state index in [0.29, 0.717) is 10.0 Å². The molecule has 0 spiro atoms. The van der Waals surface area contributed by atoms with Crippen molar-refractivity contribution in [2.75, 3.05) is 7.11 Å². The van der Waals surface area contributed by atoms with Crippen LogP contribution in [0.25, 0.3) is 11.1 Å². The predicted octanol–water partition coefficient (Wildman–Crippen LogP) is 4.81. The molecule has 0 saturated carbocycles. The Bertz CT molecular complexity index is 535. The molecule has 2 rings (SSSR count). The Balaban J connectivity index is 2.52. The summed E-state index contributed by atoms with van der Waals surface area (Å²) in [4.78, 5) is 0. The maximum Gasteiger partial charge on any atom is 0.165 e. The minimum Gasteiger partial charge on any atom is -0.494 e. The average molecular weight is 271 g/mol. The smallest absolute Gasteiger partial charge is 0.165 e. The number of hydrogen-bond acceptors (Lipinski definition) is 1. The number of halogens is 3. The van der Waals surface area contributed by atoms with Gasteiger partial charge in [0.1, 0.15) is 0 Å². The van der Waals surface area contributed by atoms with Gasteiger partial charge in [-0.3, -0.25) is 0 Å². The van der Waals surface area contributed by atoms with Crippen LogP contribution in [0.4, 0.5) is 4.39 Å². The molecule has 2 aromatic carbocycles. The van der Waals surface area contributed by atoms with E-state index in [2.05, 4.69) is 0 Å². The Hall–Kier alpha value is -1.25. The van der Waals surface area contributed by atoms with Crippen LogP contribution in [0.2, 0.25) is 10.0 Å². The molecule has 0 N–H and O–H groups in total. The van der Waals surface area contributed by atoms with Crippen molar-refractivity contribution in [3.63, 3.8) is 0 Å². The molecule has 0 radical (unpaired) electrons. The zero-order valence-corrected chi connectivity index (χ0v) is 10.5. The van der Waals surface area contributed by atoms with Crippen LogP contribution in [-0.4, -0.2) is 7.11 Å². The molecule has 0 aliphatic heterocycles. The van der Waals surface area contributed by atoms with E-state index in [0.717, 1.165) is 11.1 Å². The van der Waals surface area contributed by atoms with Gasteiger partial charge in [0, 0.05) is 10.0 Å². The summed E-state index contributed by atoms with van der Waals surface area (Å²) < 4.78 is 18.2. The first kappa shape index (κ1) is 12.2. The number of rotatable bonds is 2. The highest BCUT2D eigenvalue weighted by Crippen LogP contribution is 2.30. The van der Waals surface area contributed by atoms with Crippen LogP contribution >= 0.6 is 23.2 Å². The van der Waals surface area contributed by atoms with E-state index in [1.54, 1.807) is 30.3 Å². The highest BCUT2D eigenvalue weighted by Gasteiger charge is 2.06. The van der Waals surface area contributed by atoms with Gasteiger partial charge in [0.05, 0.1) is 7.11 Å². The topological polar surface area (TPSA) is 9.23 Å². The van der Waals surface area contributed by atoms with E-state index in [4.69, 9.17) is 27.9 Å². The molecule has 0 fully saturated rings. The molecule has 0 saturated heterocycles. The van der Waals surface area contributed by atoms with Gasteiger partial charge in [0.2, 0.25) is 0 Å². The maximum atomic E-state index is 13.3. The van der Waals surface area contributed by atoms with Gasteiger partial charge in [-0.25, -0.2) is 4.39 Å². The summed E-state index contributed by atoms with van der Waals surface area (Å²) in [5.41, 5.74) is 1.62. The predicted molar refractivity (Wildman–Crippen MR) is 68.4 cm³/mol. The van der Waals surface area contributed by atoms with Crippen molar-refractivity contribution in [3.8, 4) is 16.9 Å². The third-order valence-corrected chi connectivity index (χ3v) is 2.78. The number of ether oxygens (including phenoxy) is 1. The van der Waals surface area contributed by atoms with Crippen LogP contribution in [0.1, 0.15) is 0 Å². The number of hydrogen-bond donors (Lipinski definition) is 0. The second-order valence-electron chi connectivity index (χ2n) is 3.51. The Kier molecular flexibility index (Phi) is 3.55. The van der Waals surface area contributed by atoms with Gasteiger partial charge in [-0.05, 0) is 41.5 Å². The minimum atomic E-state index is -0.399. The van der Waals surface area contributed by atoms with Gasteiger partial charge >= 0.3 is 0 Å². The standard InChI is InChI=1S/C13H9Cl2FO/c1-17-13-6-8(2-3-12(13)16)9-4-10(14)7-11(15)5-9/h2-7H,1H3. The van der Waals surface area contributed by atoms with Gasteiger partial charge in [-0.1, -0.05) is 29.3 Å². The van der Waals surface area contributed by atoms with Crippen molar-refractivity contribution in [3.05, 3.63) is 52.3 Å². The van der Waals surface area contributed by atoms with Crippen molar-refractivity contribution in [1.29, 1.82) is 0 Å². The molecule has 1 nitrogen and oxygen atoms in total. The highest BCUT2D eigenvalue weighted by molar-refractivity contribution is 6.35. The molecule has 0 bridgehead atoms. The van der Waals surface area contributed by atoms with E-state index in [9.17, 15) is 4.39 Å². The Morgan fingerprint density at radius 1 is 0.941 bits per heavy atom. The Labute approximate surface area is 109 Å². The van der Waals surface area contributed by atoms with E-state index >= 15 is 0 Å². The zero-order valence-electron chi connectivity index (χ0n) is 9.01. The quantitative estimate of drug-likeness (QED) is 0.761. The molecule has 0 atom stereocenters. The first-order valence-electron chi connectivity index (χ1n) is 4.90. The van der Waals surface area contributed by atoms with Gasteiger partial charge in [0.15, 0.2) is 11.6 Å². The molecule has 88 valence electrons. The normalized spacial score (nSPS) is 10.4. The minimum absolute atomic E-state index is 0.193. The molecule has 0 unspecified atom stereocenters. The average Bonchev–Trinajstić information content (AvgIpc) is 2.28. The second kappa shape index (κ2) is 4.94. The van der Waals surface area contributed by atoms with Crippen LogP contribution in [0.3, 0.4) is 0 Å². The highest BCUT2D eigenvalue weighted by atomic mass is 35.5. The monoisotopic (exact) mass is 270 g/mol. The molecule has 17 heavy (non-hydrogen) atoms.